The third-order valence-electron chi connectivity index (χ3n) is 8.18. The predicted octanol–water partition coefficient (Wildman–Crippen LogP) is 7.28. The van der Waals surface area contributed by atoms with E-state index in [4.69, 9.17) is 32.7 Å². The molecule has 2 saturated carbocycles. The third-order valence-corrected chi connectivity index (χ3v) is 9.89. The van der Waals surface area contributed by atoms with E-state index in [1.165, 1.54) is 0 Å². The van der Waals surface area contributed by atoms with Crippen LogP contribution in [0, 0.1) is 5.41 Å². The van der Waals surface area contributed by atoms with Gasteiger partial charge in [0.15, 0.2) is 10.9 Å². The van der Waals surface area contributed by atoms with Crippen LogP contribution in [0.3, 0.4) is 0 Å². The van der Waals surface area contributed by atoms with Gasteiger partial charge in [-0.25, -0.2) is 4.98 Å². The molecule has 0 radical (unpaired) electrons. The fourth-order valence-corrected chi connectivity index (χ4v) is 6.99. The normalized spacial score (nSPS) is 19.5. The molecule has 7 rings (SSSR count). The summed E-state index contributed by atoms with van der Waals surface area (Å²) in [7, 11) is 0. The largest absolute Gasteiger partial charge is 0.360 e. The molecule has 3 N–H and O–H groups in total. The Morgan fingerprint density at radius 2 is 1.95 bits per heavy atom. The average Bonchev–Trinajstić information content (AvgIpc) is 3.78. The number of hydrogen-bond donors (Lipinski definition) is 3. The quantitative estimate of drug-likeness (QED) is 0.141. The molecule has 1 saturated heterocycles. The Hall–Kier alpha value is -2.14. The van der Waals surface area contributed by atoms with E-state index >= 15 is 0 Å². The highest BCUT2D eigenvalue weighted by Gasteiger charge is 2.45. The summed E-state index contributed by atoms with van der Waals surface area (Å²) in [5.41, 5.74) is 4.14. The molecule has 1 unspecified atom stereocenters. The fourth-order valence-electron chi connectivity index (χ4n) is 5.38. The summed E-state index contributed by atoms with van der Waals surface area (Å²) >= 11 is 17.7. The van der Waals surface area contributed by atoms with Crippen LogP contribution in [0.4, 0.5) is 5.13 Å². The molecule has 3 aliphatic rings. The molecule has 0 bridgehead atoms. The van der Waals surface area contributed by atoms with E-state index in [0.717, 1.165) is 88.7 Å². The number of thiazole rings is 1. The lowest BCUT2D eigenvalue weighted by Crippen LogP contribution is -2.32. The number of ketones is 1. The van der Waals surface area contributed by atoms with E-state index in [0.29, 0.717) is 28.5 Å². The summed E-state index contributed by atoms with van der Waals surface area (Å²) in [5, 5.41) is 14.5. The van der Waals surface area contributed by atoms with Gasteiger partial charge in [-0.15, -0.1) is 12.8 Å². The first-order valence-electron chi connectivity index (χ1n) is 13.5. The predicted molar refractivity (Wildman–Crippen MR) is 166 cm³/mol. The summed E-state index contributed by atoms with van der Waals surface area (Å²) in [6, 6.07) is 11.8. The number of Topliss-reactive ketones (excluding diaryl/α,β-unsaturated/α-hetero) is 1. The Morgan fingerprint density at radius 1 is 1.20 bits per heavy atom. The van der Waals surface area contributed by atoms with E-state index in [2.05, 4.69) is 40.3 Å². The van der Waals surface area contributed by atoms with Crippen molar-refractivity contribution >= 4 is 68.5 Å². The van der Waals surface area contributed by atoms with Gasteiger partial charge in [0.25, 0.3) is 0 Å². The Kier molecular flexibility index (Phi) is 7.89. The van der Waals surface area contributed by atoms with Crippen LogP contribution in [0.2, 0.25) is 10.0 Å². The number of fused-ring (bicyclic) bond motifs is 1. The van der Waals surface area contributed by atoms with E-state index in [1.807, 2.05) is 36.4 Å². The van der Waals surface area contributed by atoms with Crippen LogP contribution in [0.15, 0.2) is 40.9 Å². The number of nitrogens with two attached hydrogens (primary N) is 1. The summed E-state index contributed by atoms with van der Waals surface area (Å²) in [6.45, 7) is 4.52. The molecule has 11 heteroatoms. The second kappa shape index (κ2) is 11.3. The number of rotatable bonds is 8. The Labute approximate surface area is 252 Å². The number of anilines is 1. The number of aromatic nitrogens is 2. The van der Waals surface area contributed by atoms with E-state index in [-0.39, 0.29) is 11.2 Å². The third kappa shape index (κ3) is 5.40. The minimum atomic E-state index is -0.157. The van der Waals surface area contributed by atoms with Crippen molar-refractivity contribution in [2.45, 2.75) is 57.5 Å². The minimum absolute atomic E-state index is 0.157. The highest BCUT2D eigenvalue weighted by molar-refractivity contribution is 7.77. The molecule has 1 aliphatic heterocycles. The van der Waals surface area contributed by atoms with E-state index < -0.39 is 0 Å². The number of hydrogen-bond acceptors (Lipinski definition) is 9. The Morgan fingerprint density at radius 3 is 2.65 bits per heavy atom. The van der Waals surface area contributed by atoms with Crippen molar-refractivity contribution in [2.24, 2.45) is 10.6 Å². The van der Waals surface area contributed by atoms with Crippen molar-refractivity contribution in [1.29, 1.82) is 0 Å². The second-order valence-corrected chi connectivity index (χ2v) is 12.9. The number of halogens is 2. The van der Waals surface area contributed by atoms with Crippen molar-refractivity contribution in [3.8, 4) is 11.3 Å². The summed E-state index contributed by atoms with van der Waals surface area (Å²) in [4.78, 5) is 20.0. The lowest BCUT2D eigenvalue weighted by Gasteiger charge is -2.16. The van der Waals surface area contributed by atoms with Crippen molar-refractivity contribution in [3.63, 3.8) is 0 Å². The summed E-state index contributed by atoms with van der Waals surface area (Å²) < 4.78 is 6.90. The van der Waals surface area contributed by atoms with Crippen LogP contribution in [0.5, 0.6) is 0 Å². The van der Waals surface area contributed by atoms with Gasteiger partial charge in [0.1, 0.15) is 11.5 Å². The maximum absolute atomic E-state index is 12.8. The van der Waals surface area contributed by atoms with Crippen molar-refractivity contribution in [1.82, 2.24) is 15.5 Å². The number of nitrogens with one attached hydrogen (secondary N) is 1. The van der Waals surface area contributed by atoms with Gasteiger partial charge >= 0.3 is 0 Å². The Balaban J connectivity index is 0.00000142. The zero-order valence-electron chi connectivity index (χ0n) is 22.1. The van der Waals surface area contributed by atoms with Gasteiger partial charge in [-0.1, -0.05) is 52.7 Å². The fraction of sp³-hybridized carbons (Fsp3) is 0.414. The molecular weight excluding hydrogens is 585 g/mol. The van der Waals surface area contributed by atoms with Gasteiger partial charge in [0.05, 0.1) is 20.3 Å². The van der Waals surface area contributed by atoms with Gasteiger partial charge in [0, 0.05) is 53.7 Å². The molecule has 3 heterocycles. The number of benzene rings is 2. The minimum Gasteiger partial charge on any atom is -0.360 e. The first-order valence-corrected chi connectivity index (χ1v) is 15.6. The number of carbonyl (C=O) groups excluding carboxylic acids is 1. The van der Waals surface area contributed by atoms with Gasteiger partial charge in [-0.3, -0.25) is 9.93 Å². The summed E-state index contributed by atoms with van der Waals surface area (Å²) in [6.07, 6.45) is 5.25. The first-order chi connectivity index (χ1) is 19.4. The molecule has 2 aromatic carbocycles. The molecule has 2 aliphatic carbocycles. The van der Waals surface area contributed by atoms with Crippen molar-refractivity contribution in [3.05, 3.63) is 63.3 Å². The lowest BCUT2D eigenvalue weighted by molar-refractivity contribution is 0.0912. The maximum Gasteiger partial charge on any atom is 0.186 e. The zero-order valence-corrected chi connectivity index (χ0v) is 25.3. The zero-order chi connectivity index (χ0) is 28.0. The SMILES string of the molecule is CC1(C(=O)c2ccc3nc(N4CCC(NCc5c(-c6c(Cl)cccc6Cl)noc5C5CC5)C4)sc3c2)CC1.NS. The van der Waals surface area contributed by atoms with Crippen molar-refractivity contribution < 1.29 is 9.32 Å². The second-order valence-electron chi connectivity index (χ2n) is 11.1. The van der Waals surface area contributed by atoms with Crippen LogP contribution in [0.1, 0.15) is 66.6 Å². The van der Waals surface area contributed by atoms with E-state index in [1.54, 1.807) is 11.3 Å². The van der Waals surface area contributed by atoms with Crippen LogP contribution in [0.25, 0.3) is 21.5 Å². The maximum atomic E-state index is 12.8. The van der Waals surface area contributed by atoms with Crippen LogP contribution in [-0.2, 0) is 6.54 Å². The lowest BCUT2D eigenvalue weighted by atomic mass is 9.97. The first kappa shape index (κ1) is 28.0. The number of nitrogens with zero attached hydrogens (tertiary/aromatic N) is 3. The molecule has 3 fully saturated rings. The standard InChI is InChI=1S/C29H28Cl2N4O2S.H3NS/c1-29(10-11-29)27(36)17-7-8-22-23(13-17)38-28(33-22)35-12-9-18(15-35)32-14-19-25(34-37-26(19)16-5-6-16)24-20(30)3-2-4-21(24)31;1-2/h2-4,7-8,13,16,18,32H,5-6,9-12,14-15H2,1H3;2H,1H2. The molecule has 0 amide bonds. The average molecular weight is 617 g/mol. The molecule has 1 atom stereocenters. The van der Waals surface area contributed by atoms with Crippen molar-refractivity contribution in [2.75, 3.05) is 18.0 Å². The van der Waals surface area contributed by atoms with Crippen LogP contribution < -0.4 is 15.4 Å². The monoisotopic (exact) mass is 615 g/mol. The molecule has 2 aromatic heterocycles. The van der Waals surface area contributed by atoms with E-state index in [9.17, 15) is 4.79 Å². The van der Waals surface area contributed by atoms with Gasteiger partial charge in [0.2, 0.25) is 0 Å². The van der Waals surface area contributed by atoms with Gasteiger partial charge in [-0.2, -0.15) is 0 Å². The molecular formula is C29H31Cl2N5O2S2. The Bertz CT molecular complexity index is 1540. The number of carbonyl (C=O) groups is 1. The van der Waals surface area contributed by atoms with Crippen LogP contribution in [-0.4, -0.2) is 35.1 Å². The molecule has 4 aromatic rings. The smallest absolute Gasteiger partial charge is 0.186 e. The van der Waals surface area contributed by atoms with Gasteiger partial charge < -0.3 is 14.7 Å². The van der Waals surface area contributed by atoms with Crippen LogP contribution >= 0.6 is 47.4 Å². The highest BCUT2D eigenvalue weighted by Crippen LogP contribution is 2.48. The molecule has 210 valence electrons. The highest BCUT2D eigenvalue weighted by atomic mass is 35.5. The van der Waals surface area contributed by atoms with Gasteiger partial charge in [-0.05, 0) is 62.4 Å². The molecule has 40 heavy (non-hydrogen) atoms. The summed E-state index contributed by atoms with van der Waals surface area (Å²) in [5.74, 6) is 1.64. The molecule has 7 nitrogen and oxygen atoms in total. The topological polar surface area (TPSA) is 97.3 Å². The number of thiol groups is 1. The molecule has 0 spiro atoms.